The van der Waals surface area contributed by atoms with Gasteiger partial charge in [0.25, 0.3) is 0 Å². The number of carbonyl (C=O) groups excluding carboxylic acids is 2. The van der Waals surface area contributed by atoms with Crippen molar-refractivity contribution in [2.75, 3.05) is 25.1 Å². The van der Waals surface area contributed by atoms with E-state index in [1.165, 1.54) is 7.11 Å². The number of fused-ring (bicyclic) bond motifs is 4. The summed E-state index contributed by atoms with van der Waals surface area (Å²) in [6.07, 6.45) is -0.0630. The first-order valence-corrected chi connectivity index (χ1v) is 9.53. The van der Waals surface area contributed by atoms with Crippen molar-refractivity contribution in [1.82, 2.24) is 4.90 Å². The Kier molecular flexibility index (Phi) is 3.37. The van der Waals surface area contributed by atoms with Crippen LogP contribution in [0.3, 0.4) is 0 Å². The van der Waals surface area contributed by atoms with Gasteiger partial charge in [0.1, 0.15) is 17.2 Å². The zero-order chi connectivity index (χ0) is 19.1. The van der Waals surface area contributed by atoms with Gasteiger partial charge in [-0.3, -0.25) is 19.4 Å². The lowest BCUT2D eigenvalue weighted by Crippen LogP contribution is -2.78. The first-order chi connectivity index (χ1) is 12.9. The summed E-state index contributed by atoms with van der Waals surface area (Å²) >= 11 is 0. The van der Waals surface area contributed by atoms with Gasteiger partial charge in [-0.2, -0.15) is 0 Å². The Morgan fingerprint density at radius 3 is 2.81 bits per heavy atom. The van der Waals surface area contributed by atoms with Crippen LogP contribution in [0.15, 0.2) is 24.3 Å². The molecule has 0 radical (unpaired) electrons. The van der Waals surface area contributed by atoms with Crippen molar-refractivity contribution < 1.29 is 24.5 Å². The molecular formula is C20H24N2O5. The third-order valence-corrected chi connectivity index (χ3v) is 7.34. The van der Waals surface area contributed by atoms with Crippen molar-refractivity contribution in [3.8, 4) is 0 Å². The number of methoxy groups -OCH3 is 1. The van der Waals surface area contributed by atoms with Gasteiger partial charge in [-0.15, -0.1) is 0 Å². The number of aliphatic hydroxyl groups excluding tert-OH is 1. The van der Waals surface area contributed by atoms with E-state index in [1.807, 2.05) is 29.2 Å². The fraction of sp³-hybridized carbons (Fsp3) is 0.600. The van der Waals surface area contributed by atoms with Gasteiger partial charge in [0.15, 0.2) is 0 Å². The lowest BCUT2D eigenvalue weighted by molar-refractivity contribution is -0.194. The Bertz CT molecular complexity index is 841. The normalized spacial score (nSPS) is 40.5. The third-order valence-electron chi connectivity index (χ3n) is 7.34. The maximum atomic E-state index is 13.3. The molecule has 3 fully saturated rings. The van der Waals surface area contributed by atoms with Gasteiger partial charge in [-0.1, -0.05) is 18.2 Å². The fourth-order valence-electron chi connectivity index (χ4n) is 6.40. The Morgan fingerprint density at radius 2 is 2.11 bits per heavy atom. The summed E-state index contributed by atoms with van der Waals surface area (Å²) in [7, 11) is 1.34. The number of amides is 1. The van der Waals surface area contributed by atoms with Crippen LogP contribution in [-0.4, -0.2) is 59.0 Å². The van der Waals surface area contributed by atoms with E-state index in [-0.39, 0.29) is 24.2 Å². The highest BCUT2D eigenvalue weighted by atomic mass is 16.5. The maximum Gasteiger partial charge on any atom is 0.312 e. The zero-order valence-corrected chi connectivity index (χ0v) is 15.5. The van der Waals surface area contributed by atoms with Crippen LogP contribution in [0.4, 0.5) is 5.69 Å². The number of hydrogen-bond donors (Lipinski definition) is 2. The fourth-order valence-corrected chi connectivity index (χ4v) is 6.40. The monoisotopic (exact) mass is 372 g/mol. The Hall–Kier alpha value is -1.96. The van der Waals surface area contributed by atoms with Crippen molar-refractivity contribution in [3.05, 3.63) is 29.8 Å². The van der Waals surface area contributed by atoms with Gasteiger partial charge in [0, 0.05) is 31.0 Å². The number of rotatable bonds is 2. The summed E-state index contributed by atoms with van der Waals surface area (Å²) in [4.78, 5) is 30.0. The van der Waals surface area contributed by atoms with E-state index in [2.05, 4.69) is 0 Å². The number of anilines is 1. The predicted octanol–water partition coefficient (Wildman–Crippen LogP) is 0.443. The number of hydrogen-bond acceptors (Lipinski definition) is 6. The molecule has 7 heteroatoms. The molecule has 0 aromatic heterocycles. The van der Waals surface area contributed by atoms with E-state index < -0.39 is 29.3 Å². The van der Waals surface area contributed by atoms with Crippen LogP contribution in [0.2, 0.25) is 0 Å². The molecule has 7 nitrogen and oxygen atoms in total. The average Bonchev–Trinajstić information content (AvgIpc) is 3.04. The summed E-state index contributed by atoms with van der Waals surface area (Å²) in [5.74, 6) is -1.84. The number of aliphatic hydroxyl groups is 2. The molecular weight excluding hydrogens is 348 g/mol. The lowest BCUT2D eigenvalue weighted by Gasteiger charge is -2.61. The maximum absolute atomic E-state index is 13.3. The van der Waals surface area contributed by atoms with E-state index in [0.717, 1.165) is 0 Å². The number of carbonyl (C=O) groups is 2. The van der Waals surface area contributed by atoms with Gasteiger partial charge in [-0.05, 0) is 25.3 Å². The first kappa shape index (κ1) is 17.2. The molecule has 1 spiro atoms. The van der Waals surface area contributed by atoms with E-state index in [0.29, 0.717) is 30.8 Å². The Balaban J connectivity index is 1.80. The molecule has 2 N–H and O–H groups in total. The highest BCUT2D eigenvalue weighted by Crippen LogP contribution is 2.66. The van der Waals surface area contributed by atoms with Crippen LogP contribution >= 0.6 is 0 Å². The number of nitrogens with zero attached hydrogens (tertiary/aromatic N) is 2. The molecule has 27 heavy (non-hydrogen) atoms. The molecule has 4 aliphatic heterocycles. The van der Waals surface area contributed by atoms with Gasteiger partial charge in [-0.25, -0.2) is 0 Å². The van der Waals surface area contributed by atoms with Gasteiger partial charge < -0.3 is 14.9 Å². The summed E-state index contributed by atoms with van der Waals surface area (Å²) in [6, 6.07) is 7.39. The quantitative estimate of drug-likeness (QED) is 0.733. The zero-order valence-electron chi connectivity index (χ0n) is 15.5. The predicted molar refractivity (Wildman–Crippen MR) is 95.5 cm³/mol. The second-order valence-electron chi connectivity index (χ2n) is 8.30. The summed E-state index contributed by atoms with van der Waals surface area (Å²) in [5, 5.41) is 22.3. The van der Waals surface area contributed by atoms with E-state index in [9.17, 15) is 19.8 Å². The SMILES string of the molecule is COC(=O)[C@H]1[C@H]2CC(=O)N3c4ccccc4[C@]4(O)CCN(C[C@@H]2[C@@H](C)O)[C@]134. The Morgan fingerprint density at radius 1 is 1.37 bits per heavy atom. The molecule has 6 atom stereocenters. The highest BCUT2D eigenvalue weighted by Gasteiger charge is 2.78. The molecule has 1 aromatic carbocycles. The number of piperidine rings is 2. The van der Waals surface area contributed by atoms with Gasteiger partial charge in [0.05, 0.1) is 18.9 Å². The van der Waals surface area contributed by atoms with Gasteiger partial charge >= 0.3 is 5.97 Å². The van der Waals surface area contributed by atoms with E-state index >= 15 is 0 Å². The molecule has 144 valence electrons. The van der Waals surface area contributed by atoms with Gasteiger partial charge in [0.2, 0.25) is 5.91 Å². The van der Waals surface area contributed by atoms with Crippen LogP contribution in [0, 0.1) is 17.8 Å². The van der Waals surface area contributed by atoms with Crippen molar-refractivity contribution in [1.29, 1.82) is 0 Å². The molecule has 0 aliphatic carbocycles. The summed E-state index contributed by atoms with van der Waals surface area (Å²) in [6.45, 7) is 2.80. The standard InChI is InChI=1S/C20H24N2O5/c1-11(23)13-10-21-8-7-19(26)14-5-3-4-6-15(14)22-16(24)9-12(13)17(18(25)27-2)20(19,21)22/h3-6,11-13,17,23,26H,7-10H2,1-2H3/t11-,12+,13-,17-,19-,20-/m1/s1. The van der Waals surface area contributed by atoms with Crippen molar-refractivity contribution >= 4 is 17.6 Å². The molecule has 2 bridgehead atoms. The van der Waals surface area contributed by atoms with Crippen molar-refractivity contribution in [2.24, 2.45) is 17.8 Å². The molecule has 4 aliphatic rings. The van der Waals surface area contributed by atoms with Crippen molar-refractivity contribution in [3.63, 3.8) is 0 Å². The van der Waals surface area contributed by atoms with E-state index in [4.69, 9.17) is 4.74 Å². The number of esters is 1. The second-order valence-corrected chi connectivity index (χ2v) is 8.30. The highest BCUT2D eigenvalue weighted by molar-refractivity contribution is 6.02. The van der Waals surface area contributed by atoms with Crippen LogP contribution in [0.1, 0.15) is 25.3 Å². The Labute approximate surface area is 157 Å². The molecule has 1 amide bonds. The smallest absolute Gasteiger partial charge is 0.312 e. The molecule has 4 heterocycles. The van der Waals surface area contributed by atoms with Crippen LogP contribution in [0.25, 0.3) is 0 Å². The number of para-hydroxylation sites is 1. The summed E-state index contributed by atoms with van der Waals surface area (Å²) < 4.78 is 5.16. The van der Waals surface area contributed by atoms with E-state index in [1.54, 1.807) is 11.8 Å². The molecule has 5 rings (SSSR count). The molecule has 3 saturated heterocycles. The van der Waals surface area contributed by atoms with Crippen molar-refractivity contribution in [2.45, 2.75) is 37.1 Å². The number of benzene rings is 1. The van der Waals surface area contributed by atoms with Crippen LogP contribution < -0.4 is 4.90 Å². The number of ether oxygens (including phenoxy) is 1. The minimum absolute atomic E-state index is 0.110. The topological polar surface area (TPSA) is 90.3 Å². The minimum Gasteiger partial charge on any atom is -0.469 e. The lowest BCUT2D eigenvalue weighted by atomic mass is 9.61. The van der Waals surface area contributed by atoms with Crippen LogP contribution in [0.5, 0.6) is 0 Å². The minimum atomic E-state index is -1.33. The molecule has 0 saturated carbocycles. The average molecular weight is 372 g/mol. The third kappa shape index (κ3) is 1.74. The first-order valence-electron chi connectivity index (χ1n) is 9.53. The molecule has 1 aromatic rings. The second kappa shape index (κ2) is 5.31. The molecule has 0 unspecified atom stereocenters. The van der Waals surface area contributed by atoms with Crippen LogP contribution in [-0.2, 0) is 19.9 Å². The largest absolute Gasteiger partial charge is 0.469 e. The summed E-state index contributed by atoms with van der Waals surface area (Å²) in [5.41, 5.74) is -1.13.